The minimum absolute atomic E-state index is 0.00549. The van der Waals surface area contributed by atoms with Crippen LogP contribution in [-0.2, 0) is 4.79 Å². The summed E-state index contributed by atoms with van der Waals surface area (Å²) in [5.74, 6) is 1.28. The van der Waals surface area contributed by atoms with Gasteiger partial charge in [0, 0.05) is 18.0 Å². The first-order chi connectivity index (χ1) is 12.6. The van der Waals surface area contributed by atoms with Gasteiger partial charge < -0.3 is 10.1 Å². The average molecular weight is 352 g/mol. The van der Waals surface area contributed by atoms with Crippen molar-refractivity contribution in [3.63, 3.8) is 0 Å². The molecule has 2 aromatic carbocycles. The van der Waals surface area contributed by atoms with Gasteiger partial charge in [0.1, 0.15) is 5.75 Å². The number of ether oxygens (including phenoxy) is 1. The van der Waals surface area contributed by atoms with E-state index in [1.54, 1.807) is 0 Å². The van der Waals surface area contributed by atoms with Crippen LogP contribution in [0.3, 0.4) is 0 Å². The predicted octanol–water partition coefficient (Wildman–Crippen LogP) is 4.00. The van der Waals surface area contributed by atoms with Gasteiger partial charge in [0.15, 0.2) is 0 Å². The number of benzene rings is 2. The van der Waals surface area contributed by atoms with Crippen molar-refractivity contribution in [2.75, 3.05) is 6.61 Å². The molecule has 0 aromatic heterocycles. The van der Waals surface area contributed by atoms with Crippen LogP contribution in [0.2, 0.25) is 0 Å². The zero-order valence-corrected chi connectivity index (χ0v) is 15.7. The second-order valence-corrected chi connectivity index (χ2v) is 7.26. The van der Waals surface area contributed by atoms with Crippen LogP contribution in [0.4, 0.5) is 0 Å². The standard InChI is InChI=1S/C22H28N2O2/c1-15(2)21(17-9-5-4-6-10-17)23-16(3)22(25)24-19-13-14-26-20-12-8-7-11-18(19)20/h4-12,15-16,19,21,23H,13-14H2,1-3H3,(H,24,25). The highest BCUT2D eigenvalue weighted by Gasteiger charge is 2.26. The maximum atomic E-state index is 12.8. The number of nitrogens with one attached hydrogen (secondary N) is 2. The van der Waals surface area contributed by atoms with Crippen molar-refractivity contribution < 1.29 is 9.53 Å². The fraction of sp³-hybridized carbons (Fsp3) is 0.409. The average Bonchev–Trinajstić information content (AvgIpc) is 2.66. The van der Waals surface area contributed by atoms with Crippen molar-refractivity contribution in [2.24, 2.45) is 5.92 Å². The van der Waals surface area contributed by atoms with E-state index in [2.05, 4.69) is 36.6 Å². The summed E-state index contributed by atoms with van der Waals surface area (Å²) in [5, 5.41) is 6.69. The Hall–Kier alpha value is -2.33. The van der Waals surface area contributed by atoms with Crippen molar-refractivity contribution in [2.45, 2.75) is 45.3 Å². The van der Waals surface area contributed by atoms with Gasteiger partial charge >= 0.3 is 0 Å². The molecule has 0 radical (unpaired) electrons. The molecule has 3 unspecified atom stereocenters. The van der Waals surface area contributed by atoms with Crippen molar-refractivity contribution in [1.29, 1.82) is 0 Å². The molecule has 2 N–H and O–H groups in total. The summed E-state index contributed by atoms with van der Waals surface area (Å²) in [5.41, 5.74) is 2.27. The molecule has 2 aromatic rings. The lowest BCUT2D eigenvalue weighted by atomic mass is 9.95. The number of carbonyl (C=O) groups is 1. The fourth-order valence-corrected chi connectivity index (χ4v) is 3.47. The van der Waals surface area contributed by atoms with E-state index in [0.29, 0.717) is 12.5 Å². The number of para-hydroxylation sites is 1. The Morgan fingerprint density at radius 3 is 2.46 bits per heavy atom. The second-order valence-electron chi connectivity index (χ2n) is 7.26. The molecule has 1 heterocycles. The molecule has 3 atom stereocenters. The smallest absolute Gasteiger partial charge is 0.237 e. The van der Waals surface area contributed by atoms with Crippen LogP contribution in [-0.4, -0.2) is 18.6 Å². The summed E-state index contributed by atoms with van der Waals surface area (Å²) < 4.78 is 5.68. The first kappa shape index (κ1) is 18.5. The maximum Gasteiger partial charge on any atom is 0.237 e. The molecular formula is C22H28N2O2. The van der Waals surface area contributed by atoms with Crippen molar-refractivity contribution in [3.05, 3.63) is 65.7 Å². The third-order valence-corrected chi connectivity index (χ3v) is 4.92. The van der Waals surface area contributed by atoms with Gasteiger partial charge in [-0.2, -0.15) is 0 Å². The van der Waals surface area contributed by atoms with E-state index in [1.807, 2.05) is 49.4 Å². The minimum Gasteiger partial charge on any atom is -0.493 e. The van der Waals surface area contributed by atoms with Crippen LogP contribution in [0.1, 0.15) is 50.4 Å². The Bertz CT molecular complexity index is 730. The molecule has 1 aliphatic rings. The number of hydrogen-bond donors (Lipinski definition) is 2. The largest absolute Gasteiger partial charge is 0.493 e. The number of rotatable bonds is 6. The van der Waals surface area contributed by atoms with E-state index in [0.717, 1.165) is 17.7 Å². The zero-order valence-electron chi connectivity index (χ0n) is 15.7. The highest BCUT2D eigenvalue weighted by molar-refractivity contribution is 5.82. The summed E-state index contributed by atoms with van der Waals surface area (Å²) >= 11 is 0. The van der Waals surface area contributed by atoms with E-state index in [4.69, 9.17) is 4.74 Å². The monoisotopic (exact) mass is 352 g/mol. The Morgan fingerprint density at radius 1 is 1.04 bits per heavy atom. The molecule has 4 nitrogen and oxygen atoms in total. The molecule has 138 valence electrons. The number of fused-ring (bicyclic) bond motifs is 1. The Balaban J connectivity index is 1.66. The quantitative estimate of drug-likeness (QED) is 0.826. The lowest BCUT2D eigenvalue weighted by Crippen LogP contribution is -2.46. The number of amides is 1. The van der Waals surface area contributed by atoms with E-state index in [1.165, 1.54) is 5.56 Å². The van der Waals surface area contributed by atoms with Gasteiger partial charge in [0.25, 0.3) is 0 Å². The summed E-state index contributed by atoms with van der Waals surface area (Å²) in [6.07, 6.45) is 0.793. The summed E-state index contributed by atoms with van der Waals surface area (Å²) in [7, 11) is 0. The highest BCUT2D eigenvalue weighted by atomic mass is 16.5. The van der Waals surface area contributed by atoms with E-state index < -0.39 is 0 Å². The lowest BCUT2D eigenvalue weighted by Gasteiger charge is -2.30. The minimum atomic E-state index is -0.280. The first-order valence-corrected chi connectivity index (χ1v) is 9.39. The van der Waals surface area contributed by atoms with Gasteiger partial charge in [-0.1, -0.05) is 62.4 Å². The number of carbonyl (C=O) groups excluding carboxylic acids is 1. The van der Waals surface area contributed by atoms with Crippen LogP contribution in [0.25, 0.3) is 0 Å². The van der Waals surface area contributed by atoms with Crippen LogP contribution in [0.5, 0.6) is 5.75 Å². The molecule has 1 amide bonds. The van der Waals surface area contributed by atoms with Gasteiger partial charge in [0.2, 0.25) is 5.91 Å². The van der Waals surface area contributed by atoms with Gasteiger partial charge in [-0.05, 0) is 24.5 Å². The molecule has 3 rings (SSSR count). The lowest BCUT2D eigenvalue weighted by molar-refractivity contribution is -0.124. The molecule has 4 heteroatoms. The normalized spacial score (nSPS) is 18.5. The van der Waals surface area contributed by atoms with E-state index in [9.17, 15) is 4.79 Å². The third kappa shape index (κ3) is 4.25. The van der Waals surface area contributed by atoms with E-state index >= 15 is 0 Å². The Morgan fingerprint density at radius 2 is 1.73 bits per heavy atom. The second kappa shape index (κ2) is 8.37. The maximum absolute atomic E-state index is 12.8. The number of hydrogen-bond acceptors (Lipinski definition) is 3. The Labute approximate surface area is 156 Å². The topological polar surface area (TPSA) is 50.4 Å². The van der Waals surface area contributed by atoms with Crippen molar-refractivity contribution in [3.8, 4) is 5.75 Å². The molecule has 1 aliphatic heterocycles. The molecule has 0 aliphatic carbocycles. The van der Waals surface area contributed by atoms with Crippen LogP contribution >= 0.6 is 0 Å². The predicted molar refractivity (Wildman–Crippen MR) is 104 cm³/mol. The molecule has 0 spiro atoms. The molecule has 0 saturated heterocycles. The highest BCUT2D eigenvalue weighted by Crippen LogP contribution is 2.31. The van der Waals surface area contributed by atoms with Gasteiger partial charge in [-0.3, -0.25) is 10.1 Å². The molecular weight excluding hydrogens is 324 g/mol. The SMILES string of the molecule is CC(NC(c1ccccc1)C(C)C)C(=O)NC1CCOc2ccccc21. The Kier molecular flexibility index (Phi) is 5.94. The van der Waals surface area contributed by atoms with Gasteiger partial charge in [0.05, 0.1) is 18.7 Å². The van der Waals surface area contributed by atoms with E-state index in [-0.39, 0.29) is 24.0 Å². The third-order valence-electron chi connectivity index (χ3n) is 4.92. The summed E-state index contributed by atoms with van der Waals surface area (Å²) in [6, 6.07) is 18.1. The first-order valence-electron chi connectivity index (χ1n) is 9.39. The van der Waals surface area contributed by atoms with Crippen molar-refractivity contribution >= 4 is 5.91 Å². The van der Waals surface area contributed by atoms with Gasteiger partial charge in [-0.15, -0.1) is 0 Å². The summed E-state index contributed by atoms with van der Waals surface area (Å²) in [6.45, 7) is 6.90. The molecule has 0 saturated carbocycles. The van der Waals surface area contributed by atoms with Crippen LogP contribution in [0, 0.1) is 5.92 Å². The van der Waals surface area contributed by atoms with Crippen LogP contribution in [0.15, 0.2) is 54.6 Å². The molecule has 26 heavy (non-hydrogen) atoms. The molecule has 0 fully saturated rings. The fourth-order valence-electron chi connectivity index (χ4n) is 3.47. The summed E-state index contributed by atoms with van der Waals surface area (Å²) in [4.78, 5) is 12.8. The zero-order chi connectivity index (χ0) is 18.5. The van der Waals surface area contributed by atoms with Crippen LogP contribution < -0.4 is 15.4 Å². The van der Waals surface area contributed by atoms with Gasteiger partial charge in [-0.25, -0.2) is 0 Å². The van der Waals surface area contributed by atoms with Crippen molar-refractivity contribution in [1.82, 2.24) is 10.6 Å². The molecule has 0 bridgehead atoms.